The summed E-state index contributed by atoms with van der Waals surface area (Å²) >= 11 is 0. The minimum atomic E-state index is -1.35. The minimum absolute atomic E-state index is 0.00657. The lowest BCUT2D eigenvalue weighted by atomic mass is 10.2. The summed E-state index contributed by atoms with van der Waals surface area (Å²) in [6.45, 7) is 2.94. The van der Waals surface area contributed by atoms with Gasteiger partial charge in [-0.25, -0.2) is 4.79 Å². The lowest BCUT2D eigenvalue weighted by molar-refractivity contribution is -0.191. The fourth-order valence-corrected chi connectivity index (χ4v) is 1.56. The first-order valence-corrected chi connectivity index (χ1v) is 6.58. The number of para-hydroxylation sites is 1. The van der Waals surface area contributed by atoms with E-state index in [2.05, 4.69) is 0 Å². The summed E-state index contributed by atoms with van der Waals surface area (Å²) < 4.78 is 19.2. The maximum Gasteiger partial charge on any atom is 0.342 e. The summed E-state index contributed by atoms with van der Waals surface area (Å²) in [5.74, 6) is -2.80. The van der Waals surface area contributed by atoms with Gasteiger partial charge in [0, 0.05) is 20.8 Å². The van der Waals surface area contributed by atoms with Gasteiger partial charge in [0.15, 0.2) is 6.61 Å². The van der Waals surface area contributed by atoms with Crippen LogP contribution in [0.2, 0.25) is 0 Å². The summed E-state index contributed by atoms with van der Waals surface area (Å²) in [5, 5.41) is 0. The van der Waals surface area contributed by atoms with Gasteiger partial charge in [0.05, 0.1) is 0 Å². The smallest absolute Gasteiger partial charge is 0.342 e. The maximum atomic E-state index is 12.0. The van der Waals surface area contributed by atoms with Crippen molar-refractivity contribution in [3.63, 3.8) is 0 Å². The predicted molar refractivity (Wildman–Crippen MR) is 75.4 cm³/mol. The number of benzene rings is 1. The molecule has 0 heterocycles. The number of ether oxygens (including phenoxy) is 4. The molecule has 1 rings (SSSR count). The molecule has 0 fully saturated rings. The van der Waals surface area contributed by atoms with Crippen LogP contribution in [-0.4, -0.2) is 36.8 Å². The van der Waals surface area contributed by atoms with E-state index in [0.29, 0.717) is 0 Å². The molecule has 0 atom stereocenters. The van der Waals surface area contributed by atoms with E-state index >= 15 is 0 Å². The molecule has 23 heavy (non-hydrogen) atoms. The molecule has 8 heteroatoms. The zero-order chi connectivity index (χ0) is 17.4. The molecule has 0 aliphatic heterocycles. The molecule has 0 bridgehead atoms. The van der Waals surface area contributed by atoms with Crippen molar-refractivity contribution in [3.05, 3.63) is 29.8 Å². The third-order valence-electron chi connectivity index (χ3n) is 2.31. The number of hydrogen-bond acceptors (Lipinski definition) is 8. The molecule has 0 aromatic heterocycles. The monoisotopic (exact) mass is 324 g/mol. The summed E-state index contributed by atoms with van der Waals surface area (Å²) in [5.41, 5.74) is 0.00657. The Morgan fingerprint density at radius 2 is 1.48 bits per heavy atom. The topological polar surface area (TPSA) is 105 Å². The van der Waals surface area contributed by atoms with E-state index in [1.807, 2.05) is 0 Å². The van der Waals surface area contributed by atoms with E-state index in [-0.39, 0.29) is 11.3 Å². The quantitative estimate of drug-likeness (QED) is 0.437. The van der Waals surface area contributed by atoms with Crippen LogP contribution in [0, 0.1) is 0 Å². The van der Waals surface area contributed by atoms with Crippen molar-refractivity contribution in [2.45, 2.75) is 27.1 Å². The summed E-state index contributed by atoms with van der Waals surface area (Å²) in [4.78, 5) is 44.9. The van der Waals surface area contributed by atoms with Crippen molar-refractivity contribution in [2.24, 2.45) is 0 Å². The molecular formula is C15H16O8. The van der Waals surface area contributed by atoms with Crippen LogP contribution in [0.15, 0.2) is 24.3 Å². The normalized spacial score (nSPS) is 9.91. The molecule has 0 aliphatic carbocycles. The van der Waals surface area contributed by atoms with Gasteiger partial charge in [-0.15, -0.1) is 0 Å². The van der Waals surface area contributed by atoms with Crippen LogP contribution in [0.4, 0.5) is 0 Å². The van der Waals surface area contributed by atoms with E-state index in [1.165, 1.54) is 19.1 Å². The SMILES string of the molecule is CC(=O)Oc1ccccc1C(=O)OCC(OC(C)=O)OC(C)=O. The first kappa shape index (κ1) is 18.1. The second kappa shape index (κ2) is 8.52. The zero-order valence-corrected chi connectivity index (χ0v) is 12.9. The van der Waals surface area contributed by atoms with E-state index in [0.717, 1.165) is 13.8 Å². The highest BCUT2D eigenvalue weighted by molar-refractivity contribution is 5.93. The second-order valence-corrected chi connectivity index (χ2v) is 4.34. The van der Waals surface area contributed by atoms with Gasteiger partial charge in [-0.05, 0) is 12.1 Å². The zero-order valence-electron chi connectivity index (χ0n) is 12.9. The third-order valence-corrected chi connectivity index (χ3v) is 2.31. The number of esters is 4. The van der Waals surface area contributed by atoms with Gasteiger partial charge in [-0.2, -0.15) is 0 Å². The van der Waals surface area contributed by atoms with E-state index in [9.17, 15) is 19.2 Å². The largest absolute Gasteiger partial charge is 0.454 e. The van der Waals surface area contributed by atoms with Crippen molar-refractivity contribution >= 4 is 23.9 Å². The van der Waals surface area contributed by atoms with Gasteiger partial charge in [-0.3, -0.25) is 14.4 Å². The average Bonchev–Trinajstić information content (AvgIpc) is 2.43. The Hall–Kier alpha value is -2.90. The molecule has 0 spiro atoms. The molecular weight excluding hydrogens is 308 g/mol. The van der Waals surface area contributed by atoms with E-state index < -0.39 is 36.8 Å². The summed E-state index contributed by atoms with van der Waals surface area (Å²) in [6.07, 6.45) is -1.35. The van der Waals surface area contributed by atoms with Crippen LogP contribution in [0.1, 0.15) is 31.1 Å². The average molecular weight is 324 g/mol. The fraction of sp³-hybridized carbons (Fsp3) is 0.333. The van der Waals surface area contributed by atoms with Gasteiger partial charge in [0.1, 0.15) is 11.3 Å². The predicted octanol–water partition coefficient (Wildman–Crippen LogP) is 1.22. The molecule has 1 aromatic carbocycles. The van der Waals surface area contributed by atoms with Crippen LogP contribution in [-0.2, 0) is 28.6 Å². The number of carbonyl (C=O) groups excluding carboxylic acids is 4. The second-order valence-electron chi connectivity index (χ2n) is 4.34. The number of hydrogen-bond donors (Lipinski definition) is 0. The van der Waals surface area contributed by atoms with Crippen molar-refractivity contribution in [2.75, 3.05) is 6.61 Å². The Morgan fingerprint density at radius 3 is 2.00 bits per heavy atom. The highest BCUT2D eigenvalue weighted by atomic mass is 16.7. The standard InChI is InChI=1S/C15H16O8/c1-9(16)21-13-7-5-4-6-12(13)15(19)20-8-14(22-10(2)17)23-11(3)18/h4-7,14H,8H2,1-3H3. The molecule has 0 amide bonds. The van der Waals surface area contributed by atoms with Crippen LogP contribution in [0.25, 0.3) is 0 Å². The van der Waals surface area contributed by atoms with Gasteiger partial charge in [0.25, 0.3) is 6.29 Å². The Labute approximate surface area is 132 Å². The van der Waals surface area contributed by atoms with Gasteiger partial charge < -0.3 is 18.9 Å². The van der Waals surface area contributed by atoms with Gasteiger partial charge in [-0.1, -0.05) is 12.1 Å². The molecule has 8 nitrogen and oxygen atoms in total. The Bertz CT molecular complexity index is 591. The number of rotatable bonds is 6. The van der Waals surface area contributed by atoms with Crippen molar-refractivity contribution < 1.29 is 38.1 Å². The Kier molecular flexibility index (Phi) is 6.72. The molecule has 0 N–H and O–H groups in total. The molecule has 124 valence electrons. The maximum absolute atomic E-state index is 12.0. The van der Waals surface area contributed by atoms with E-state index in [1.54, 1.807) is 12.1 Å². The van der Waals surface area contributed by atoms with Gasteiger partial charge in [0.2, 0.25) is 0 Å². The fourth-order valence-electron chi connectivity index (χ4n) is 1.56. The molecule has 0 unspecified atom stereocenters. The van der Waals surface area contributed by atoms with Gasteiger partial charge >= 0.3 is 23.9 Å². The summed E-state index contributed by atoms with van der Waals surface area (Å²) in [6, 6.07) is 5.95. The first-order chi connectivity index (χ1) is 10.8. The van der Waals surface area contributed by atoms with Crippen molar-refractivity contribution in [1.29, 1.82) is 0 Å². The van der Waals surface area contributed by atoms with E-state index in [4.69, 9.17) is 18.9 Å². The van der Waals surface area contributed by atoms with Crippen LogP contribution in [0.3, 0.4) is 0 Å². The van der Waals surface area contributed by atoms with Crippen molar-refractivity contribution in [3.8, 4) is 5.75 Å². The lowest BCUT2D eigenvalue weighted by Crippen LogP contribution is -2.29. The summed E-state index contributed by atoms with van der Waals surface area (Å²) in [7, 11) is 0. The lowest BCUT2D eigenvalue weighted by Gasteiger charge is -2.16. The van der Waals surface area contributed by atoms with Crippen LogP contribution in [0.5, 0.6) is 5.75 Å². The number of carbonyl (C=O) groups is 4. The molecule has 1 aromatic rings. The molecule has 0 saturated carbocycles. The molecule has 0 saturated heterocycles. The Morgan fingerprint density at radius 1 is 0.913 bits per heavy atom. The molecule has 0 aliphatic rings. The highest BCUT2D eigenvalue weighted by Crippen LogP contribution is 2.19. The minimum Gasteiger partial charge on any atom is -0.454 e. The van der Waals surface area contributed by atoms with Crippen LogP contribution >= 0.6 is 0 Å². The first-order valence-electron chi connectivity index (χ1n) is 6.58. The highest BCUT2D eigenvalue weighted by Gasteiger charge is 2.20. The Balaban J connectivity index is 2.76. The van der Waals surface area contributed by atoms with Crippen molar-refractivity contribution in [1.82, 2.24) is 0 Å². The molecule has 0 radical (unpaired) electrons. The van der Waals surface area contributed by atoms with Crippen LogP contribution < -0.4 is 4.74 Å². The third kappa shape index (κ3) is 6.60.